The molecule has 2 atom stereocenters. The van der Waals surface area contributed by atoms with Crippen molar-refractivity contribution in [1.29, 1.82) is 0 Å². The molecule has 2 aliphatic rings. The minimum atomic E-state index is -3.48. The molecular formula is C12H20N4O2S2. The fourth-order valence-corrected chi connectivity index (χ4v) is 6.31. The number of aryl methyl sites for hydroxylation is 1. The van der Waals surface area contributed by atoms with E-state index < -0.39 is 10.0 Å². The molecule has 1 aromatic rings. The highest BCUT2D eigenvalue weighted by Crippen LogP contribution is 2.33. The van der Waals surface area contributed by atoms with Crippen molar-refractivity contribution in [3.63, 3.8) is 0 Å². The predicted molar refractivity (Wildman–Crippen MR) is 79.2 cm³/mol. The summed E-state index contributed by atoms with van der Waals surface area (Å²) in [5.41, 5.74) is 6.15. The van der Waals surface area contributed by atoms with Gasteiger partial charge in [-0.05, 0) is 33.2 Å². The van der Waals surface area contributed by atoms with Gasteiger partial charge in [0.25, 0.3) is 10.0 Å². The van der Waals surface area contributed by atoms with E-state index in [1.165, 1.54) is 0 Å². The molecule has 0 aliphatic carbocycles. The van der Waals surface area contributed by atoms with Gasteiger partial charge < -0.3 is 5.73 Å². The Kier molecular flexibility index (Phi) is 3.52. The third kappa shape index (κ3) is 2.24. The number of rotatable bonds is 2. The predicted octanol–water partition coefficient (Wildman–Crippen LogP) is 0.891. The average molecular weight is 316 g/mol. The molecule has 2 N–H and O–H groups in total. The van der Waals surface area contributed by atoms with Gasteiger partial charge in [0.1, 0.15) is 0 Å². The number of sulfonamides is 1. The van der Waals surface area contributed by atoms with Crippen LogP contribution in [0.15, 0.2) is 4.21 Å². The molecule has 6 nitrogen and oxygen atoms in total. The minimum Gasteiger partial charge on any atom is -0.375 e. The third-order valence-corrected chi connectivity index (χ3v) is 7.75. The van der Waals surface area contributed by atoms with Crippen LogP contribution in [0.2, 0.25) is 0 Å². The molecule has 2 unspecified atom stereocenters. The Labute approximate surface area is 123 Å². The summed E-state index contributed by atoms with van der Waals surface area (Å²) in [7, 11) is -3.48. The van der Waals surface area contributed by atoms with Crippen molar-refractivity contribution in [2.24, 2.45) is 0 Å². The Morgan fingerprint density at radius 2 is 2.15 bits per heavy atom. The van der Waals surface area contributed by atoms with Crippen molar-refractivity contribution in [2.45, 2.75) is 43.0 Å². The van der Waals surface area contributed by atoms with E-state index in [0.29, 0.717) is 27.6 Å². The standard InChI is InChI=1S/C12H20N4O2S2/c1-8-6-15-5-3-4-10(15)7-16(8)20(17,18)11-9(2)14-12(13)19-11/h8,10H,3-7H2,1-2H3,(H2,13,14). The molecule has 20 heavy (non-hydrogen) atoms. The van der Waals surface area contributed by atoms with Crippen LogP contribution in [0.5, 0.6) is 0 Å². The molecule has 1 aromatic heterocycles. The maximum atomic E-state index is 12.8. The lowest BCUT2D eigenvalue weighted by atomic mass is 10.1. The number of thiazole rings is 1. The van der Waals surface area contributed by atoms with E-state index in [1.807, 2.05) is 6.92 Å². The van der Waals surface area contributed by atoms with Gasteiger partial charge in [-0.25, -0.2) is 13.4 Å². The van der Waals surface area contributed by atoms with Crippen LogP contribution < -0.4 is 5.73 Å². The van der Waals surface area contributed by atoms with E-state index in [1.54, 1.807) is 11.2 Å². The molecule has 2 aliphatic heterocycles. The molecule has 0 amide bonds. The SMILES string of the molecule is Cc1nc(N)sc1S(=O)(=O)N1CC2CCCN2CC1C. The van der Waals surface area contributed by atoms with Gasteiger partial charge in [0, 0.05) is 25.2 Å². The molecule has 0 aromatic carbocycles. The highest BCUT2D eigenvalue weighted by atomic mass is 32.2. The Balaban J connectivity index is 1.92. The van der Waals surface area contributed by atoms with E-state index in [0.717, 1.165) is 37.3 Å². The molecule has 2 saturated heterocycles. The molecule has 8 heteroatoms. The van der Waals surface area contributed by atoms with Crippen LogP contribution in [-0.2, 0) is 10.0 Å². The molecular weight excluding hydrogens is 296 g/mol. The van der Waals surface area contributed by atoms with Crippen LogP contribution >= 0.6 is 11.3 Å². The third-order valence-electron chi connectivity index (χ3n) is 4.19. The van der Waals surface area contributed by atoms with E-state index >= 15 is 0 Å². The quantitative estimate of drug-likeness (QED) is 0.876. The number of piperazine rings is 1. The summed E-state index contributed by atoms with van der Waals surface area (Å²) >= 11 is 1.07. The molecule has 2 fully saturated rings. The first-order valence-electron chi connectivity index (χ1n) is 6.88. The zero-order chi connectivity index (χ0) is 14.5. The van der Waals surface area contributed by atoms with Crippen LogP contribution in [0.1, 0.15) is 25.5 Å². The maximum absolute atomic E-state index is 12.8. The van der Waals surface area contributed by atoms with Crippen molar-refractivity contribution < 1.29 is 8.42 Å². The number of anilines is 1. The Bertz CT molecular complexity index is 613. The molecule has 0 radical (unpaired) electrons. The second-order valence-electron chi connectivity index (χ2n) is 5.64. The van der Waals surface area contributed by atoms with Crippen molar-refractivity contribution in [1.82, 2.24) is 14.2 Å². The van der Waals surface area contributed by atoms with Gasteiger partial charge in [-0.15, -0.1) is 0 Å². The van der Waals surface area contributed by atoms with Crippen molar-refractivity contribution in [3.05, 3.63) is 5.69 Å². The lowest BCUT2D eigenvalue weighted by molar-refractivity contribution is 0.117. The number of nitrogen functional groups attached to an aromatic ring is 1. The molecule has 112 valence electrons. The first-order chi connectivity index (χ1) is 9.39. The maximum Gasteiger partial charge on any atom is 0.254 e. The largest absolute Gasteiger partial charge is 0.375 e. The zero-order valence-corrected chi connectivity index (χ0v) is 13.4. The lowest BCUT2D eigenvalue weighted by Crippen LogP contribution is -2.56. The fourth-order valence-electron chi connectivity index (χ4n) is 3.24. The lowest BCUT2D eigenvalue weighted by Gasteiger charge is -2.41. The number of fused-ring (bicyclic) bond motifs is 1. The normalized spacial score (nSPS) is 28.7. The summed E-state index contributed by atoms with van der Waals surface area (Å²) < 4.78 is 27.6. The Morgan fingerprint density at radius 1 is 1.40 bits per heavy atom. The van der Waals surface area contributed by atoms with Crippen molar-refractivity contribution in [3.8, 4) is 0 Å². The van der Waals surface area contributed by atoms with Crippen LogP contribution in [-0.4, -0.2) is 54.3 Å². The molecule has 3 rings (SSSR count). The average Bonchev–Trinajstić information content (AvgIpc) is 2.94. The summed E-state index contributed by atoms with van der Waals surface area (Å²) in [6.07, 6.45) is 2.25. The number of nitrogens with two attached hydrogens (primary N) is 1. The van der Waals surface area contributed by atoms with Gasteiger partial charge in [-0.2, -0.15) is 4.31 Å². The van der Waals surface area contributed by atoms with E-state index in [-0.39, 0.29) is 6.04 Å². The van der Waals surface area contributed by atoms with Gasteiger partial charge in [0.05, 0.1) is 5.69 Å². The highest BCUT2D eigenvalue weighted by Gasteiger charge is 2.41. The monoisotopic (exact) mass is 316 g/mol. The van der Waals surface area contributed by atoms with Crippen molar-refractivity contribution in [2.75, 3.05) is 25.4 Å². The van der Waals surface area contributed by atoms with Crippen LogP contribution in [0, 0.1) is 6.92 Å². The topological polar surface area (TPSA) is 79.5 Å². The number of nitrogens with zero attached hydrogens (tertiary/aromatic N) is 3. The Morgan fingerprint density at radius 3 is 2.80 bits per heavy atom. The zero-order valence-electron chi connectivity index (χ0n) is 11.7. The first kappa shape index (κ1) is 14.2. The molecule has 0 spiro atoms. The second-order valence-corrected chi connectivity index (χ2v) is 8.76. The summed E-state index contributed by atoms with van der Waals surface area (Å²) in [4.78, 5) is 6.45. The van der Waals surface area contributed by atoms with Crippen LogP contribution in [0.3, 0.4) is 0 Å². The van der Waals surface area contributed by atoms with E-state index in [9.17, 15) is 8.42 Å². The fraction of sp³-hybridized carbons (Fsp3) is 0.750. The second kappa shape index (κ2) is 4.94. The molecule has 0 bridgehead atoms. The van der Waals surface area contributed by atoms with Crippen LogP contribution in [0.25, 0.3) is 0 Å². The Hall–Kier alpha value is -0.700. The highest BCUT2D eigenvalue weighted by molar-refractivity contribution is 7.91. The van der Waals surface area contributed by atoms with E-state index in [4.69, 9.17) is 5.73 Å². The number of hydrogen-bond acceptors (Lipinski definition) is 6. The van der Waals surface area contributed by atoms with Crippen molar-refractivity contribution >= 4 is 26.5 Å². The van der Waals surface area contributed by atoms with Gasteiger partial charge >= 0.3 is 0 Å². The number of hydrogen-bond donors (Lipinski definition) is 1. The summed E-state index contributed by atoms with van der Waals surface area (Å²) in [6.45, 7) is 6.18. The molecule has 3 heterocycles. The molecule has 0 saturated carbocycles. The first-order valence-corrected chi connectivity index (χ1v) is 9.14. The van der Waals surface area contributed by atoms with Crippen LogP contribution in [0.4, 0.5) is 5.13 Å². The van der Waals surface area contributed by atoms with Gasteiger partial charge in [0.15, 0.2) is 9.34 Å². The smallest absolute Gasteiger partial charge is 0.254 e. The summed E-state index contributed by atoms with van der Waals surface area (Å²) in [5, 5.41) is 0.313. The number of aromatic nitrogens is 1. The summed E-state index contributed by atoms with van der Waals surface area (Å²) in [6, 6.07) is 0.364. The van der Waals surface area contributed by atoms with Gasteiger partial charge in [0.2, 0.25) is 0 Å². The summed E-state index contributed by atoms with van der Waals surface area (Å²) in [5.74, 6) is 0. The van der Waals surface area contributed by atoms with Gasteiger partial charge in [-0.3, -0.25) is 4.90 Å². The van der Waals surface area contributed by atoms with E-state index in [2.05, 4.69) is 9.88 Å². The minimum absolute atomic E-state index is 0.00271. The van der Waals surface area contributed by atoms with Gasteiger partial charge in [-0.1, -0.05) is 11.3 Å².